The molecule has 0 bridgehead atoms. The largest absolute Gasteiger partial charge is 0.368 e. The summed E-state index contributed by atoms with van der Waals surface area (Å²) in [5.41, 5.74) is 5.93. The van der Waals surface area contributed by atoms with E-state index in [2.05, 4.69) is 15.3 Å². The molecule has 0 aliphatic carbocycles. The second-order valence-corrected chi connectivity index (χ2v) is 5.17. The van der Waals surface area contributed by atoms with Crippen LogP contribution < -0.4 is 16.0 Å². The molecule has 3 N–H and O–H groups in total. The highest BCUT2D eigenvalue weighted by atomic mass is 19.1. The molecule has 3 heterocycles. The normalized spacial score (nSPS) is 27.3. The van der Waals surface area contributed by atoms with E-state index in [1.807, 2.05) is 4.90 Å². The van der Waals surface area contributed by atoms with Gasteiger partial charge in [-0.3, -0.25) is 0 Å². The lowest BCUT2D eigenvalue weighted by atomic mass is 9.94. The lowest BCUT2D eigenvalue weighted by Crippen LogP contribution is -2.40. The monoisotopic (exact) mass is 251 g/mol. The molecule has 18 heavy (non-hydrogen) atoms. The molecule has 0 radical (unpaired) electrons. The van der Waals surface area contributed by atoms with Gasteiger partial charge in [0.05, 0.1) is 5.69 Å². The SMILES string of the molecule is Cc1nc(N)nc(N2CC3CCCNC3C2)c1F. The summed E-state index contributed by atoms with van der Waals surface area (Å²) in [4.78, 5) is 9.90. The third-order valence-electron chi connectivity index (χ3n) is 3.92. The van der Waals surface area contributed by atoms with Crippen LogP contribution >= 0.6 is 0 Å². The first-order valence-corrected chi connectivity index (χ1v) is 6.43. The number of anilines is 2. The molecule has 0 spiro atoms. The van der Waals surface area contributed by atoms with Crippen molar-refractivity contribution in [1.29, 1.82) is 0 Å². The molecule has 2 saturated heterocycles. The van der Waals surface area contributed by atoms with Gasteiger partial charge in [-0.1, -0.05) is 0 Å². The van der Waals surface area contributed by atoms with E-state index < -0.39 is 0 Å². The summed E-state index contributed by atoms with van der Waals surface area (Å²) in [6, 6.07) is 0.453. The van der Waals surface area contributed by atoms with Crippen LogP contribution in [0.15, 0.2) is 0 Å². The number of rotatable bonds is 1. The lowest BCUT2D eigenvalue weighted by Gasteiger charge is -2.24. The molecule has 2 unspecified atom stereocenters. The Morgan fingerprint density at radius 1 is 1.39 bits per heavy atom. The van der Waals surface area contributed by atoms with Gasteiger partial charge in [-0.25, -0.2) is 9.37 Å². The molecule has 5 nitrogen and oxygen atoms in total. The number of hydrogen-bond donors (Lipinski definition) is 2. The fourth-order valence-corrected chi connectivity index (χ4v) is 2.99. The Morgan fingerprint density at radius 2 is 2.22 bits per heavy atom. The van der Waals surface area contributed by atoms with Crippen LogP contribution in [0.25, 0.3) is 0 Å². The standard InChI is InChI=1S/C12H18FN5/c1-7-10(13)11(17-12(14)16-7)18-5-8-3-2-4-15-9(8)6-18/h8-9,15H,2-6H2,1H3,(H2,14,16,17). The highest BCUT2D eigenvalue weighted by Crippen LogP contribution is 2.30. The van der Waals surface area contributed by atoms with E-state index in [0.717, 1.165) is 19.6 Å². The van der Waals surface area contributed by atoms with Crippen LogP contribution in [0.3, 0.4) is 0 Å². The van der Waals surface area contributed by atoms with Crippen molar-refractivity contribution in [3.05, 3.63) is 11.5 Å². The van der Waals surface area contributed by atoms with Crippen molar-refractivity contribution >= 4 is 11.8 Å². The summed E-state index contributed by atoms with van der Waals surface area (Å²) in [5, 5.41) is 3.49. The summed E-state index contributed by atoms with van der Waals surface area (Å²) in [6.45, 7) is 4.34. The minimum Gasteiger partial charge on any atom is -0.368 e. The van der Waals surface area contributed by atoms with Crippen molar-refractivity contribution < 1.29 is 4.39 Å². The van der Waals surface area contributed by atoms with Crippen molar-refractivity contribution in [3.8, 4) is 0 Å². The van der Waals surface area contributed by atoms with Crippen LogP contribution in [-0.4, -0.2) is 35.6 Å². The Morgan fingerprint density at radius 3 is 3.00 bits per heavy atom. The summed E-state index contributed by atoms with van der Waals surface area (Å²) >= 11 is 0. The minimum absolute atomic E-state index is 0.145. The van der Waals surface area contributed by atoms with Gasteiger partial charge in [-0.15, -0.1) is 0 Å². The van der Waals surface area contributed by atoms with Crippen LogP contribution in [-0.2, 0) is 0 Å². The summed E-state index contributed by atoms with van der Waals surface area (Å²) in [5.74, 6) is 0.750. The van der Waals surface area contributed by atoms with Gasteiger partial charge < -0.3 is 16.0 Å². The highest BCUT2D eigenvalue weighted by Gasteiger charge is 2.36. The average Bonchev–Trinajstić information content (AvgIpc) is 2.77. The number of aryl methyl sites for hydroxylation is 1. The van der Waals surface area contributed by atoms with Gasteiger partial charge in [0.1, 0.15) is 0 Å². The number of piperidine rings is 1. The molecule has 1 aromatic heterocycles. The molecule has 0 saturated carbocycles. The molecule has 0 aromatic carbocycles. The molecule has 2 aliphatic heterocycles. The number of hydrogen-bond acceptors (Lipinski definition) is 5. The van der Waals surface area contributed by atoms with E-state index in [0.29, 0.717) is 23.5 Å². The van der Waals surface area contributed by atoms with E-state index in [9.17, 15) is 4.39 Å². The van der Waals surface area contributed by atoms with Crippen molar-refractivity contribution in [2.75, 3.05) is 30.3 Å². The second kappa shape index (κ2) is 4.35. The molecular formula is C12H18FN5. The fourth-order valence-electron chi connectivity index (χ4n) is 2.99. The Kier molecular flexibility index (Phi) is 2.81. The van der Waals surface area contributed by atoms with Gasteiger partial charge >= 0.3 is 0 Å². The van der Waals surface area contributed by atoms with Crippen LogP contribution in [0.2, 0.25) is 0 Å². The zero-order valence-corrected chi connectivity index (χ0v) is 10.5. The zero-order chi connectivity index (χ0) is 12.7. The summed E-state index contributed by atoms with van der Waals surface area (Å²) < 4.78 is 14.1. The van der Waals surface area contributed by atoms with E-state index in [1.165, 1.54) is 12.8 Å². The Balaban J connectivity index is 1.88. The van der Waals surface area contributed by atoms with Gasteiger partial charge in [0.25, 0.3) is 0 Å². The maximum Gasteiger partial charge on any atom is 0.222 e. The van der Waals surface area contributed by atoms with Crippen LogP contribution in [0.5, 0.6) is 0 Å². The third-order valence-corrected chi connectivity index (χ3v) is 3.92. The van der Waals surface area contributed by atoms with Crippen LogP contribution in [0, 0.1) is 18.7 Å². The first-order chi connectivity index (χ1) is 8.65. The van der Waals surface area contributed by atoms with Gasteiger partial charge in [0, 0.05) is 19.1 Å². The van der Waals surface area contributed by atoms with Crippen LogP contribution in [0.1, 0.15) is 18.5 Å². The van der Waals surface area contributed by atoms with Crippen molar-refractivity contribution in [2.45, 2.75) is 25.8 Å². The topological polar surface area (TPSA) is 67.1 Å². The molecule has 6 heteroatoms. The first kappa shape index (κ1) is 11.6. The molecule has 2 aliphatic rings. The molecule has 2 fully saturated rings. The third kappa shape index (κ3) is 1.90. The average molecular weight is 251 g/mol. The van der Waals surface area contributed by atoms with Gasteiger partial charge in [0.15, 0.2) is 11.6 Å². The smallest absolute Gasteiger partial charge is 0.222 e. The predicted molar refractivity (Wildman–Crippen MR) is 67.9 cm³/mol. The molecule has 1 aromatic rings. The van der Waals surface area contributed by atoms with Crippen LogP contribution in [0.4, 0.5) is 16.2 Å². The molecular weight excluding hydrogens is 233 g/mol. The molecule has 0 amide bonds. The fraction of sp³-hybridized carbons (Fsp3) is 0.667. The van der Waals surface area contributed by atoms with E-state index >= 15 is 0 Å². The maximum atomic E-state index is 14.1. The Hall–Kier alpha value is -1.43. The predicted octanol–water partition coefficient (Wildman–Crippen LogP) is 0.695. The summed E-state index contributed by atoms with van der Waals surface area (Å²) in [6.07, 6.45) is 2.40. The lowest BCUT2D eigenvalue weighted by molar-refractivity contribution is 0.340. The molecule has 2 atom stereocenters. The van der Waals surface area contributed by atoms with Crippen molar-refractivity contribution in [3.63, 3.8) is 0 Å². The number of nitrogens with one attached hydrogen (secondary N) is 1. The van der Waals surface area contributed by atoms with Gasteiger partial charge in [0.2, 0.25) is 5.95 Å². The van der Waals surface area contributed by atoms with Gasteiger partial charge in [-0.2, -0.15) is 4.98 Å². The highest BCUT2D eigenvalue weighted by molar-refractivity contribution is 5.46. The number of nitrogens with zero attached hydrogens (tertiary/aromatic N) is 3. The van der Waals surface area contributed by atoms with Gasteiger partial charge in [-0.05, 0) is 32.2 Å². The Labute approximate surface area is 106 Å². The summed E-state index contributed by atoms with van der Waals surface area (Å²) in [7, 11) is 0. The first-order valence-electron chi connectivity index (χ1n) is 6.43. The quantitative estimate of drug-likeness (QED) is 0.769. The maximum absolute atomic E-state index is 14.1. The van der Waals surface area contributed by atoms with Crippen molar-refractivity contribution in [2.24, 2.45) is 5.92 Å². The minimum atomic E-state index is -0.345. The number of aromatic nitrogens is 2. The number of halogens is 1. The van der Waals surface area contributed by atoms with E-state index in [-0.39, 0.29) is 11.8 Å². The number of nitrogens with two attached hydrogens (primary N) is 1. The van der Waals surface area contributed by atoms with Crippen molar-refractivity contribution in [1.82, 2.24) is 15.3 Å². The molecule has 3 rings (SSSR count). The zero-order valence-electron chi connectivity index (χ0n) is 10.5. The van der Waals surface area contributed by atoms with E-state index in [1.54, 1.807) is 6.92 Å². The second-order valence-electron chi connectivity index (χ2n) is 5.17. The number of fused-ring (bicyclic) bond motifs is 1. The number of nitrogen functional groups attached to an aromatic ring is 1. The molecule has 98 valence electrons. The Bertz CT molecular complexity index is 450. The van der Waals surface area contributed by atoms with E-state index in [4.69, 9.17) is 5.73 Å².